The molecule has 1 aromatic rings. The third kappa shape index (κ3) is 2.82. The first-order chi connectivity index (χ1) is 8.73. The number of hydrogen-bond acceptors (Lipinski definition) is 4. The Morgan fingerprint density at radius 3 is 2.26 bits per heavy atom. The maximum atomic E-state index is 10.8. The molecule has 2 rings (SSSR count). The van der Waals surface area contributed by atoms with Crippen molar-refractivity contribution >= 4 is 19.1 Å². The van der Waals surface area contributed by atoms with Crippen LogP contribution in [0, 0.1) is 0 Å². The van der Waals surface area contributed by atoms with Crippen molar-refractivity contribution in [2.75, 3.05) is 5.73 Å². The van der Waals surface area contributed by atoms with E-state index in [4.69, 9.17) is 15.0 Å². The molecule has 5 heteroatoms. The van der Waals surface area contributed by atoms with Crippen LogP contribution in [0.5, 0.6) is 0 Å². The van der Waals surface area contributed by atoms with Crippen LogP contribution in [0.4, 0.5) is 5.69 Å². The van der Waals surface area contributed by atoms with E-state index in [0.717, 1.165) is 11.8 Å². The van der Waals surface area contributed by atoms with Crippen LogP contribution in [0.3, 0.4) is 0 Å². The topological polar surface area (TPSA) is 61.5 Å². The van der Waals surface area contributed by atoms with Gasteiger partial charge in [0.2, 0.25) is 0 Å². The van der Waals surface area contributed by atoms with Gasteiger partial charge in [-0.05, 0) is 51.5 Å². The van der Waals surface area contributed by atoms with Crippen molar-refractivity contribution in [3.8, 4) is 0 Å². The first-order valence-electron chi connectivity index (χ1n) is 6.44. The lowest BCUT2D eigenvalue weighted by Gasteiger charge is -2.32. The molecule has 0 aromatic heterocycles. The summed E-state index contributed by atoms with van der Waals surface area (Å²) in [6, 6.07) is 5.31. The summed E-state index contributed by atoms with van der Waals surface area (Å²) < 4.78 is 11.9. The van der Waals surface area contributed by atoms with Gasteiger partial charge in [-0.15, -0.1) is 0 Å². The molecule has 1 aromatic carbocycles. The third-order valence-corrected chi connectivity index (χ3v) is 3.88. The molecule has 1 aliphatic heterocycles. The van der Waals surface area contributed by atoms with Crippen LogP contribution in [0.25, 0.3) is 0 Å². The molecular weight excluding hydrogens is 241 g/mol. The van der Waals surface area contributed by atoms with Gasteiger partial charge in [-0.1, -0.05) is 0 Å². The summed E-state index contributed by atoms with van der Waals surface area (Å²) in [5.41, 5.74) is 7.19. The van der Waals surface area contributed by atoms with Gasteiger partial charge in [-0.25, -0.2) is 0 Å². The molecule has 0 spiro atoms. The minimum absolute atomic E-state index is 0.314. The Balaban J connectivity index is 2.15. The Morgan fingerprint density at radius 2 is 1.74 bits per heavy atom. The summed E-state index contributed by atoms with van der Waals surface area (Å²) in [6.07, 6.45) is 1.38. The smallest absolute Gasteiger partial charge is 0.403 e. The Morgan fingerprint density at radius 1 is 1.16 bits per heavy atom. The SMILES string of the molecule is CC1(C)OB(Cc2cc(N)cc(C=O)c2)OC1(C)C. The second-order valence-electron chi connectivity index (χ2n) is 6.02. The summed E-state index contributed by atoms with van der Waals surface area (Å²) in [5, 5.41) is 0. The first-order valence-corrected chi connectivity index (χ1v) is 6.44. The number of nitrogen functional groups attached to an aromatic ring is 1. The van der Waals surface area contributed by atoms with Crippen LogP contribution in [-0.2, 0) is 15.6 Å². The minimum atomic E-state index is -0.342. The molecule has 102 valence electrons. The molecule has 0 unspecified atom stereocenters. The Kier molecular flexibility index (Phi) is 3.45. The zero-order valence-electron chi connectivity index (χ0n) is 11.9. The summed E-state index contributed by atoms with van der Waals surface area (Å²) in [6.45, 7) is 8.07. The van der Waals surface area contributed by atoms with Crippen LogP contribution in [0.2, 0.25) is 0 Å². The van der Waals surface area contributed by atoms with Crippen LogP contribution < -0.4 is 5.73 Å². The molecule has 1 aliphatic rings. The maximum Gasteiger partial charge on any atom is 0.462 e. The number of anilines is 1. The van der Waals surface area contributed by atoms with Crippen LogP contribution in [0.15, 0.2) is 18.2 Å². The lowest BCUT2D eigenvalue weighted by atomic mass is 9.80. The molecule has 0 radical (unpaired) electrons. The molecule has 2 N–H and O–H groups in total. The van der Waals surface area contributed by atoms with E-state index in [9.17, 15) is 4.79 Å². The molecule has 0 aliphatic carbocycles. The fourth-order valence-electron chi connectivity index (χ4n) is 2.17. The number of aldehydes is 1. The van der Waals surface area contributed by atoms with E-state index >= 15 is 0 Å². The van der Waals surface area contributed by atoms with E-state index in [1.165, 1.54) is 0 Å². The Labute approximate surface area is 114 Å². The molecule has 1 heterocycles. The van der Waals surface area contributed by atoms with Crippen LogP contribution in [0.1, 0.15) is 43.6 Å². The predicted octanol–water partition coefficient (Wildman–Crippen LogP) is 2.26. The van der Waals surface area contributed by atoms with E-state index < -0.39 is 0 Å². The van der Waals surface area contributed by atoms with E-state index in [2.05, 4.69) is 0 Å². The maximum absolute atomic E-state index is 10.8. The van der Waals surface area contributed by atoms with Gasteiger partial charge >= 0.3 is 7.12 Å². The van der Waals surface area contributed by atoms with Gasteiger partial charge in [0.25, 0.3) is 0 Å². The largest absolute Gasteiger partial charge is 0.462 e. The Hall–Kier alpha value is -1.33. The summed E-state index contributed by atoms with van der Waals surface area (Å²) in [4.78, 5) is 10.8. The van der Waals surface area contributed by atoms with E-state index in [1.54, 1.807) is 6.07 Å². The summed E-state index contributed by atoms with van der Waals surface area (Å²) >= 11 is 0. The lowest BCUT2D eigenvalue weighted by molar-refractivity contribution is 0.00578. The predicted molar refractivity (Wildman–Crippen MR) is 76.0 cm³/mol. The highest BCUT2D eigenvalue weighted by Crippen LogP contribution is 2.37. The monoisotopic (exact) mass is 261 g/mol. The van der Waals surface area contributed by atoms with Crippen molar-refractivity contribution < 1.29 is 14.1 Å². The van der Waals surface area contributed by atoms with Crippen molar-refractivity contribution in [2.24, 2.45) is 0 Å². The fourth-order valence-corrected chi connectivity index (χ4v) is 2.17. The summed E-state index contributed by atoms with van der Waals surface area (Å²) in [5.74, 6) is 0. The highest BCUT2D eigenvalue weighted by Gasteiger charge is 2.50. The first kappa shape index (κ1) is 14.1. The van der Waals surface area contributed by atoms with Gasteiger partial charge < -0.3 is 15.0 Å². The number of carbonyl (C=O) groups excluding carboxylic acids is 1. The number of benzene rings is 1. The Bertz CT molecular complexity index is 483. The molecule has 0 saturated carbocycles. The lowest BCUT2D eigenvalue weighted by Crippen LogP contribution is -2.41. The average molecular weight is 261 g/mol. The van der Waals surface area contributed by atoms with Crippen molar-refractivity contribution in [1.29, 1.82) is 0 Å². The molecule has 0 atom stereocenters. The standard InChI is InChI=1S/C14H20BNO3/c1-13(2)14(3,4)19-15(18-13)8-10-5-11(9-17)7-12(16)6-10/h5-7,9H,8,16H2,1-4H3. The van der Waals surface area contributed by atoms with E-state index in [-0.39, 0.29) is 18.3 Å². The number of carbonyl (C=O) groups is 1. The van der Waals surface area contributed by atoms with Crippen molar-refractivity contribution in [3.63, 3.8) is 0 Å². The molecule has 19 heavy (non-hydrogen) atoms. The summed E-state index contributed by atoms with van der Waals surface area (Å²) in [7, 11) is -0.314. The van der Waals surface area contributed by atoms with Gasteiger partial charge in [-0.3, -0.25) is 4.79 Å². The van der Waals surface area contributed by atoms with Crippen molar-refractivity contribution in [2.45, 2.75) is 45.2 Å². The van der Waals surface area contributed by atoms with E-state index in [1.807, 2.05) is 39.8 Å². The van der Waals surface area contributed by atoms with Gasteiger partial charge in [0.1, 0.15) is 6.29 Å². The molecule has 4 nitrogen and oxygen atoms in total. The second-order valence-corrected chi connectivity index (χ2v) is 6.02. The molecular formula is C14H20BNO3. The van der Waals surface area contributed by atoms with Gasteiger partial charge in [0.05, 0.1) is 11.2 Å². The highest BCUT2D eigenvalue weighted by atomic mass is 16.7. The molecule has 1 saturated heterocycles. The quantitative estimate of drug-likeness (QED) is 0.515. The van der Waals surface area contributed by atoms with Crippen LogP contribution >= 0.6 is 0 Å². The second kappa shape index (κ2) is 4.65. The number of hydrogen-bond donors (Lipinski definition) is 1. The fraction of sp³-hybridized carbons (Fsp3) is 0.500. The average Bonchev–Trinajstić information content (AvgIpc) is 2.45. The van der Waals surface area contributed by atoms with Gasteiger partial charge in [0.15, 0.2) is 0 Å². The van der Waals surface area contributed by atoms with E-state index in [0.29, 0.717) is 17.6 Å². The normalized spacial score (nSPS) is 20.5. The third-order valence-electron chi connectivity index (χ3n) is 3.88. The molecule has 0 amide bonds. The number of nitrogens with two attached hydrogens (primary N) is 1. The number of rotatable bonds is 3. The van der Waals surface area contributed by atoms with Crippen LogP contribution in [-0.4, -0.2) is 24.6 Å². The minimum Gasteiger partial charge on any atom is -0.403 e. The zero-order chi connectivity index (χ0) is 14.3. The highest BCUT2D eigenvalue weighted by molar-refractivity contribution is 6.45. The van der Waals surface area contributed by atoms with Crippen molar-refractivity contribution in [1.82, 2.24) is 0 Å². The van der Waals surface area contributed by atoms with Crippen molar-refractivity contribution in [3.05, 3.63) is 29.3 Å². The van der Waals surface area contributed by atoms with Gasteiger partial charge in [-0.2, -0.15) is 0 Å². The molecule has 0 bridgehead atoms. The van der Waals surface area contributed by atoms with Gasteiger partial charge in [0, 0.05) is 17.6 Å². The molecule has 1 fully saturated rings. The zero-order valence-corrected chi connectivity index (χ0v) is 11.9.